The molecular weight excluding hydrogens is 466 g/mol. The first-order chi connectivity index (χ1) is 16.0. The molecular formula is C23H18ClN3O5S. The van der Waals surface area contributed by atoms with Crippen molar-refractivity contribution in [3.63, 3.8) is 0 Å². The third kappa shape index (κ3) is 3.53. The summed E-state index contributed by atoms with van der Waals surface area (Å²) < 4.78 is 17.2. The summed E-state index contributed by atoms with van der Waals surface area (Å²) in [7, 11) is 1.54. The molecule has 0 saturated carbocycles. The highest BCUT2D eigenvalue weighted by molar-refractivity contribution is 7.13. The molecule has 33 heavy (non-hydrogen) atoms. The summed E-state index contributed by atoms with van der Waals surface area (Å²) in [5.41, 5.74) is 2.34. The van der Waals surface area contributed by atoms with Gasteiger partial charge < -0.3 is 13.9 Å². The summed E-state index contributed by atoms with van der Waals surface area (Å²) >= 11 is 7.32. The molecule has 0 spiro atoms. The molecule has 0 bridgehead atoms. The van der Waals surface area contributed by atoms with Crippen molar-refractivity contribution in [3.05, 3.63) is 74.0 Å². The van der Waals surface area contributed by atoms with E-state index in [9.17, 15) is 9.59 Å². The average molecular weight is 484 g/mol. The van der Waals surface area contributed by atoms with E-state index in [2.05, 4.69) is 10.2 Å². The highest BCUT2D eigenvalue weighted by Gasteiger charge is 2.45. The van der Waals surface area contributed by atoms with E-state index in [1.54, 1.807) is 36.4 Å². The molecule has 5 rings (SSSR count). The first-order valence-corrected chi connectivity index (χ1v) is 11.5. The van der Waals surface area contributed by atoms with Crippen molar-refractivity contribution in [2.45, 2.75) is 19.4 Å². The molecule has 3 heterocycles. The molecule has 0 N–H and O–H groups in total. The molecule has 0 radical (unpaired) electrons. The van der Waals surface area contributed by atoms with Crippen LogP contribution in [0.25, 0.3) is 11.0 Å². The van der Waals surface area contributed by atoms with Crippen molar-refractivity contribution in [1.29, 1.82) is 0 Å². The molecule has 0 saturated heterocycles. The Morgan fingerprint density at radius 1 is 1.18 bits per heavy atom. The van der Waals surface area contributed by atoms with Gasteiger partial charge in [0.2, 0.25) is 10.9 Å². The van der Waals surface area contributed by atoms with Crippen LogP contribution in [0.1, 0.15) is 41.1 Å². The van der Waals surface area contributed by atoms with E-state index >= 15 is 0 Å². The summed E-state index contributed by atoms with van der Waals surface area (Å²) in [5.74, 6) is 0.575. The Balaban J connectivity index is 1.74. The molecule has 1 unspecified atom stereocenters. The number of hydrogen-bond acceptors (Lipinski definition) is 8. The average Bonchev–Trinajstić information content (AvgIpc) is 3.45. The van der Waals surface area contributed by atoms with Crippen LogP contribution in [0, 0.1) is 0 Å². The van der Waals surface area contributed by atoms with Crippen molar-refractivity contribution >= 4 is 44.9 Å². The maximum atomic E-state index is 13.6. The van der Waals surface area contributed by atoms with Crippen LogP contribution < -0.4 is 19.8 Å². The minimum Gasteiger partial charge on any atom is -0.493 e. The first kappa shape index (κ1) is 21.4. The number of halogens is 1. The molecule has 2 aromatic heterocycles. The van der Waals surface area contributed by atoms with Gasteiger partial charge in [-0.1, -0.05) is 35.9 Å². The van der Waals surface area contributed by atoms with Crippen LogP contribution in [0.2, 0.25) is 5.02 Å². The van der Waals surface area contributed by atoms with Crippen molar-refractivity contribution in [3.8, 4) is 11.5 Å². The van der Waals surface area contributed by atoms with Crippen molar-refractivity contribution in [2.75, 3.05) is 18.6 Å². The molecule has 168 valence electrons. The number of fused-ring (bicyclic) bond motifs is 2. The molecule has 0 fully saturated rings. The zero-order chi connectivity index (χ0) is 23.1. The summed E-state index contributed by atoms with van der Waals surface area (Å²) in [4.78, 5) is 28.5. The smallest absolute Gasteiger partial charge is 0.297 e. The van der Waals surface area contributed by atoms with Crippen LogP contribution in [0.4, 0.5) is 5.13 Å². The Hall–Kier alpha value is -3.43. The van der Waals surface area contributed by atoms with Crippen LogP contribution in [0.15, 0.2) is 51.1 Å². The Bertz CT molecular complexity index is 1420. The minimum absolute atomic E-state index is 0.0275. The highest BCUT2D eigenvalue weighted by atomic mass is 35.5. The lowest BCUT2D eigenvalue weighted by Gasteiger charge is -2.23. The number of amides is 1. The number of aromatic nitrogens is 2. The van der Waals surface area contributed by atoms with Gasteiger partial charge in [0, 0.05) is 5.02 Å². The number of anilines is 1. The van der Waals surface area contributed by atoms with Gasteiger partial charge in [0.05, 0.1) is 30.7 Å². The zero-order valence-corrected chi connectivity index (χ0v) is 19.3. The van der Waals surface area contributed by atoms with Gasteiger partial charge in [-0.25, -0.2) is 0 Å². The van der Waals surface area contributed by atoms with E-state index in [0.29, 0.717) is 39.2 Å². The van der Waals surface area contributed by atoms with E-state index in [1.165, 1.54) is 28.9 Å². The monoisotopic (exact) mass is 483 g/mol. The molecule has 10 heteroatoms. The third-order valence-electron chi connectivity index (χ3n) is 5.35. The number of hydrogen-bond donors (Lipinski definition) is 0. The van der Waals surface area contributed by atoms with Crippen LogP contribution in [-0.4, -0.2) is 29.8 Å². The molecule has 1 aliphatic rings. The van der Waals surface area contributed by atoms with Gasteiger partial charge in [-0.05, 0) is 42.3 Å². The Kier molecular flexibility index (Phi) is 5.51. The third-order valence-corrected chi connectivity index (χ3v) is 6.28. The van der Waals surface area contributed by atoms with E-state index in [0.717, 1.165) is 6.42 Å². The van der Waals surface area contributed by atoms with Gasteiger partial charge in [0.15, 0.2) is 16.9 Å². The summed E-state index contributed by atoms with van der Waals surface area (Å²) in [6, 6.07) is 9.28. The molecule has 1 atom stereocenters. The van der Waals surface area contributed by atoms with Crippen molar-refractivity contribution < 1.29 is 18.7 Å². The van der Waals surface area contributed by atoms with Gasteiger partial charge in [-0.15, -0.1) is 10.2 Å². The fraction of sp³-hybridized carbons (Fsp3) is 0.217. The normalized spacial score (nSPS) is 15.2. The molecule has 1 aliphatic heterocycles. The zero-order valence-electron chi connectivity index (χ0n) is 17.7. The first-order valence-electron chi connectivity index (χ1n) is 10.2. The number of rotatable bonds is 6. The number of nitrogens with zero attached hydrogens (tertiary/aromatic N) is 3. The Labute approximate surface area is 197 Å². The summed E-state index contributed by atoms with van der Waals surface area (Å²) in [5, 5.41) is 8.99. The van der Waals surface area contributed by atoms with Gasteiger partial charge >= 0.3 is 0 Å². The topological polar surface area (TPSA) is 94.8 Å². The molecule has 2 aromatic carbocycles. The quantitative estimate of drug-likeness (QED) is 0.387. The largest absolute Gasteiger partial charge is 0.493 e. The van der Waals surface area contributed by atoms with Crippen LogP contribution in [-0.2, 0) is 0 Å². The maximum Gasteiger partial charge on any atom is 0.297 e. The van der Waals surface area contributed by atoms with Crippen LogP contribution in [0.5, 0.6) is 11.5 Å². The fourth-order valence-corrected chi connectivity index (χ4v) is 4.67. The van der Waals surface area contributed by atoms with E-state index in [-0.39, 0.29) is 22.3 Å². The lowest BCUT2D eigenvalue weighted by atomic mass is 9.98. The van der Waals surface area contributed by atoms with Crippen LogP contribution >= 0.6 is 22.9 Å². The van der Waals surface area contributed by atoms with Gasteiger partial charge in [0.1, 0.15) is 11.1 Å². The second-order valence-electron chi connectivity index (χ2n) is 7.37. The molecule has 0 aliphatic carbocycles. The lowest BCUT2D eigenvalue weighted by Crippen LogP contribution is -2.29. The SMILES string of the molecule is CCCOc1ccc(C2c3c(oc4ccc(Cl)cc4c3=O)C(=O)N2c2nncs2)cc1OC. The predicted molar refractivity (Wildman–Crippen MR) is 125 cm³/mol. The predicted octanol–water partition coefficient (Wildman–Crippen LogP) is 4.85. The number of benzene rings is 2. The second-order valence-corrected chi connectivity index (χ2v) is 8.62. The lowest BCUT2D eigenvalue weighted by molar-refractivity contribution is 0.0970. The van der Waals surface area contributed by atoms with E-state index in [4.69, 9.17) is 25.5 Å². The van der Waals surface area contributed by atoms with Gasteiger partial charge in [-0.2, -0.15) is 0 Å². The number of methoxy groups -OCH3 is 1. The van der Waals surface area contributed by atoms with E-state index < -0.39 is 11.9 Å². The standard InChI is InChI=1S/C23H18ClN3O5S/c1-3-8-31-16-6-4-12(9-17(16)30-2)19-18-20(28)14-10-13(24)5-7-15(14)32-21(18)22(29)27(19)23-26-25-11-33-23/h4-7,9-11,19H,3,8H2,1-2H3. The van der Waals surface area contributed by atoms with Crippen molar-refractivity contribution in [2.24, 2.45) is 0 Å². The maximum absolute atomic E-state index is 13.6. The second kappa shape index (κ2) is 8.49. The molecule has 1 amide bonds. The van der Waals surface area contributed by atoms with Crippen molar-refractivity contribution in [1.82, 2.24) is 10.2 Å². The Morgan fingerprint density at radius 3 is 2.76 bits per heavy atom. The molecule has 4 aromatic rings. The summed E-state index contributed by atoms with van der Waals surface area (Å²) in [6.45, 7) is 2.55. The van der Waals surface area contributed by atoms with Gasteiger partial charge in [0.25, 0.3) is 5.91 Å². The number of carbonyl (C=O) groups is 1. The minimum atomic E-state index is -0.783. The highest BCUT2D eigenvalue weighted by Crippen LogP contribution is 2.43. The summed E-state index contributed by atoms with van der Waals surface area (Å²) in [6.07, 6.45) is 0.844. The van der Waals surface area contributed by atoms with Gasteiger partial charge in [-0.3, -0.25) is 14.5 Å². The number of ether oxygens (including phenoxy) is 2. The number of carbonyl (C=O) groups excluding carboxylic acids is 1. The Morgan fingerprint density at radius 2 is 2.03 bits per heavy atom. The van der Waals surface area contributed by atoms with Crippen LogP contribution in [0.3, 0.4) is 0 Å². The van der Waals surface area contributed by atoms with E-state index in [1.807, 2.05) is 6.92 Å². The fourth-order valence-electron chi connectivity index (χ4n) is 3.92. The molecule has 8 nitrogen and oxygen atoms in total.